The maximum absolute atomic E-state index is 14.8. The summed E-state index contributed by atoms with van der Waals surface area (Å²) in [6.45, 7) is 6.86. The summed E-state index contributed by atoms with van der Waals surface area (Å²) in [4.78, 5) is 115. The van der Waals surface area contributed by atoms with E-state index in [1.165, 1.54) is 0 Å². The number of amides is 8. The number of likely N-dealkylation sites (N-methyl/N-ethyl adjacent to an activating group) is 2. The Bertz CT molecular complexity index is 3280. The summed E-state index contributed by atoms with van der Waals surface area (Å²) in [6, 6.07) is 32.1. The van der Waals surface area contributed by atoms with Crippen LogP contribution in [-0.2, 0) is 72.1 Å². The van der Waals surface area contributed by atoms with Crippen LogP contribution in [0.1, 0.15) is 112 Å². The van der Waals surface area contributed by atoms with Gasteiger partial charge in [0.25, 0.3) is 0 Å². The van der Waals surface area contributed by atoms with Crippen molar-refractivity contribution in [3.8, 4) is 0 Å². The number of hydrogen-bond acceptors (Lipinski definition) is 16. The molecule has 9 N–H and O–H groups in total. The van der Waals surface area contributed by atoms with Crippen molar-refractivity contribution in [3.63, 3.8) is 0 Å². The van der Waals surface area contributed by atoms with Crippen LogP contribution in [0, 0.1) is 11.8 Å². The molecule has 4 aromatic carbocycles. The Balaban J connectivity index is 0.657. The molecule has 9 rings (SSSR count). The van der Waals surface area contributed by atoms with Gasteiger partial charge < -0.3 is 71.9 Å². The zero-order valence-electron chi connectivity index (χ0n) is 55.6. The van der Waals surface area contributed by atoms with E-state index in [2.05, 4.69) is 58.2 Å². The number of nitrogens with zero attached hydrogens (tertiary/aromatic N) is 5. The van der Waals surface area contributed by atoms with Gasteiger partial charge in [0.2, 0.25) is 47.3 Å². The van der Waals surface area contributed by atoms with Crippen LogP contribution < -0.4 is 47.9 Å². The molecule has 0 saturated carbocycles. The van der Waals surface area contributed by atoms with Crippen molar-refractivity contribution in [1.29, 1.82) is 0 Å². The van der Waals surface area contributed by atoms with E-state index in [4.69, 9.17) is 14.2 Å². The van der Waals surface area contributed by atoms with Crippen molar-refractivity contribution >= 4 is 47.3 Å². The molecule has 4 aliphatic heterocycles. The Morgan fingerprint density at radius 2 is 1.01 bits per heavy atom. The number of benzene rings is 4. The standard InChI is InChI=1S/C71H96N14O11/c1-47(72-3)65(87)79-63-53(44-74-43-49-17-9-5-10-18-49)25-28-56-30-33-59(84(56)70(63)92)68(90)78-62(52-23-15-8-16-24-52)69(91)76-36-38-95-40-42-96-41-39-94-37-35-75-60(86)34-27-55-46-83(82-81-55)45-54-26-29-57-31-32-58(85(57)71(93)64(54)80-66(88)48(2)73-4)67(89)77-61(50-19-11-6-12-20-50)51-21-13-7-14-22-51/h5-24,46-48,53-54,56-59,61-64,72-74H,25-45H2,1-4H3,(H,75,86)(H,76,91)(H,77,89)(H,78,90)(H,79,87)(H,80,88)/t47-,48-,53+,54+,56-,57-,58-,59-,62-,63-,64-/m0/s1. The highest BCUT2D eigenvalue weighted by atomic mass is 16.5. The maximum atomic E-state index is 14.8. The van der Waals surface area contributed by atoms with Gasteiger partial charge in [0, 0.05) is 75.7 Å². The topological polar surface area (TPSA) is 310 Å². The zero-order valence-corrected chi connectivity index (χ0v) is 55.6. The normalized spacial score (nSPS) is 21.8. The first-order chi connectivity index (χ1) is 46.7. The molecule has 0 spiro atoms. The van der Waals surface area contributed by atoms with Crippen molar-refractivity contribution in [2.45, 2.75) is 152 Å². The number of aromatic nitrogens is 3. The first-order valence-corrected chi connectivity index (χ1v) is 34.0. The molecule has 25 nitrogen and oxygen atoms in total. The molecule has 0 aliphatic carbocycles. The van der Waals surface area contributed by atoms with E-state index in [-0.39, 0.29) is 112 Å². The van der Waals surface area contributed by atoms with E-state index in [9.17, 15) is 38.4 Å². The zero-order chi connectivity index (χ0) is 67.8. The molecule has 1 aromatic heterocycles. The van der Waals surface area contributed by atoms with Crippen molar-refractivity contribution in [1.82, 2.24) is 72.6 Å². The van der Waals surface area contributed by atoms with E-state index in [1.807, 2.05) is 97.1 Å². The predicted octanol–water partition coefficient (Wildman–Crippen LogP) is 2.77. The van der Waals surface area contributed by atoms with Gasteiger partial charge in [-0.3, -0.25) is 43.0 Å². The Hall–Kier alpha value is -8.46. The average Bonchev–Trinajstić information content (AvgIpc) is 1.63. The van der Waals surface area contributed by atoms with Crippen LogP contribution in [0.25, 0.3) is 0 Å². The summed E-state index contributed by atoms with van der Waals surface area (Å²) in [5.74, 6) is -3.11. The number of carbonyl (C=O) groups excluding carboxylic acids is 8. The number of ether oxygens (including phenoxy) is 3. The van der Waals surface area contributed by atoms with Gasteiger partial charge in [-0.05, 0) is 102 Å². The van der Waals surface area contributed by atoms with Crippen LogP contribution in [-0.4, -0.2) is 194 Å². The molecule has 4 fully saturated rings. The number of rotatable bonds is 35. The van der Waals surface area contributed by atoms with Gasteiger partial charge in [0.15, 0.2) is 0 Å². The second-order valence-corrected chi connectivity index (χ2v) is 25.3. The van der Waals surface area contributed by atoms with Gasteiger partial charge in [-0.2, -0.15) is 0 Å². The number of nitrogens with one attached hydrogen (secondary N) is 9. The molecule has 5 heterocycles. The van der Waals surface area contributed by atoms with E-state index < -0.39 is 60.1 Å². The number of fused-ring (bicyclic) bond motifs is 2. The summed E-state index contributed by atoms with van der Waals surface area (Å²) >= 11 is 0. The summed E-state index contributed by atoms with van der Waals surface area (Å²) in [7, 11) is 3.37. The lowest BCUT2D eigenvalue weighted by Crippen LogP contribution is -2.59. The second-order valence-electron chi connectivity index (χ2n) is 25.3. The molecular weight excluding hydrogens is 1220 g/mol. The second kappa shape index (κ2) is 36.6. The summed E-state index contributed by atoms with van der Waals surface area (Å²) in [5, 5.41) is 36.1. The molecule has 96 heavy (non-hydrogen) atoms. The van der Waals surface area contributed by atoms with Crippen LogP contribution >= 0.6 is 0 Å². The third-order valence-electron chi connectivity index (χ3n) is 18.9. The lowest BCUT2D eigenvalue weighted by Gasteiger charge is -2.33. The molecule has 0 radical (unpaired) electrons. The smallest absolute Gasteiger partial charge is 0.247 e. The average molecular weight is 1320 g/mol. The summed E-state index contributed by atoms with van der Waals surface area (Å²) in [5.41, 5.74) is 4.13. The third kappa shape index (κ3) is 19.8. The van der Waals surface area contributed by atoms with Gasteiger partial charge in [0.1, 0.15) is 30.2 Å². The van der Waals surface area contributed by atoms with Crippen LogP contribution in [0.15, 0.2) is 128 Å². The maximum Gasteiger partial charge on any atom is 0.247 e. The van der Waals surface area contributed by atoms with Gasteiger partial charge in [-0.1, -0.05) is 127 Å². The Labute approximate surface area is 562 Å². The molecule has 516 valence electrons. The molecule has 25 heteroatoms. The minimum absolute atomic E-state index is 0.161. The van der Waals surface area contributed by atoms with E-state index >= 15 is 0 Å². The molecule has 5 aromatic rings. The highest BCUT2D eigenvalue weighted by Gasteiger charge is 2.50. The van der Waals surface area contributed by atoms with Gasteiger partial charge in [-0.15, -0.1) is 5.10 Å². The number of hydrogen-bond donors (Lipinski definition) is 9. The fraction of sp³-hybridized carbons (Fsp3) is 0.521. The van der Waals surface area contributed by atoms with Crippen molar-refractivity contribution in [2.75, 3.05) is 73.4 Å². The van der Waals surface area contributed by atoms with E-state index in [0.29, 0.717) is 95.3 Å². The van der Waals surface area contributed by atoms with Crippen LogP contribution in [0.4, 0.5) is 0 Å². The van der Waals surface area contributed by atoms with E-state index in [0.717, 1.165) is 16.7 Å². The highest BCUT2D eigenvalue weighted by molar-refractivity contribution is 5.97. The molecule has 0 bridgehead atoms. The fourth-order valence-electron chi connectivity index (χ4n) is 13.3. The third-order valence-corrected chi connectivity index (χ3v) is 18.9. The van der Waals surface area contributed by atoms with Gasteiger partial charge >= 0.3 is 0 Å². The Kier molecular flexibility index (Phi) is 27.4. The summed E-state index contributed by atoms with van der Waals surface area (Å²) in [6.07, 6.45) is 7.04. The van der Waals surface area contributed by atoms with Crippen molar-refractivity contribution in [3.05, 3.63) is 155 Å². The molecule has 4 aliphatic rings. The minimum atomic E-state index is -1.05. The van der Waals surface area contributed by atoms with Gasteiger partial charge in [-0.25, -0.2) is 0 Å². The molecule has 4 saturated heterocycles. The molecule has 11 atom stereocenters. The fourth-order valence-corrected chi connectivity index (χ4v) is 13.3. The monoisotopic (exact) mass is 1320 g/mol. The largest absolute Gasteiger partial charge is 0.377 e. The van der Waals surface area contributed by atoms with Crippen LogP contribution in [0.5, 0.6) is 0 Å². The molecule has 0 unspecified atom stereocenters. The predicted molar refractivity (Wildman–Crippen MR) is 359 cm³/mol. The van der Waals surface area contributed by atoms with Crippen LogP contribution in [0.3, 0.4) is 0 Å². The Morgan fingerprint density at radius 3 is 1.55 bits per heavy atom. The quantitative estimate of drug-likeness (QED) is 0.0264. The first-order valence-electron chi connectivity index (χ1n) is 34.0. The van der Waals surface area contributed by atoms with Crippen molar-refractivity contribution in [2.24, 2.45) is 11.8 Å². The highest BCUT2D eigenvalue weighted by Crippen LogP contribution is 2.37. The number of carbonyl (C=O) groups is 8. The van der Waals surface area contributed by atoms with Crippen molar-refractivity contribution < 1.29 is 52.6 Å². The number of aryl methyl sites for hydroxylation is 1. The van der Waals surface area contributed by atoms with E-state index in [1.54, 1.807) is 72.9 Å². The Morgan fingerprint density at radius 1 is 0.542 bits per heavy atom. The first kappa shape index (κ1) is 71.8. The van der Waals surface area contributed by atoms with Crippen LogP contribution in [0.2, 0.25) is 0 Å². The molecular formula is C71H96N14O11. The lowest BCUT2D eigenvalue weighted by molar-refractivity contribution is -0.144. The lowest BCUT2D eigenvalue weighted by atomic mass is 9.92. The molecule has 8 amide bonds. The SMILES string of the molecule is CN[C@@H](C)C(=O)N[C@@H]1C(=O)N2[C@@H](CC[C@@H]1Cn1cc(CCC(=O)NCCOCCOCCOCCNC(=O)[C@@H](NC(=O)[C@@H]3CC[C@@H]4CC[C@H](CNCc5ccccc5)[C@H](NC(=O)[C@H](C)NC)C(=O)N43)c3ccccc3)nn1)CC[C@H]2C(=O)NC(c1ccccc1)c1ccccc1. The minimum Gasteiger partial charge on any atom is -0.377 e. The van der Waals surface area contributed by atoms with Gasteiger partial charge in [0.05, 0.1) is 63.5 Å². The summed E-state index contributed by atoms with van der Waals surface area (Å²) < 4.78 is 18.7.